The van der Waals surface area contributed by atoms with Crippen molar-refractivity contribution >= 4 is 0 Å². The number of rotatable bonds is 4. The van der Waals surface area contributed by atoms with E-state index < -0.39 is 0 Å². The van der Waals surface area contributed by atoms with Gasteiger partial charge in [0.2, 0.25) is 0 Å². The van der Waals surface area contributed by atoms with Gasteiger partial charge in [0.1, 0.15) is 12.4 Å². The van der Waals surface area contributed by atoms with Crippen molar-refractivity contribution in [1.82, 2.24) is 29.4 Å². The van der Waals surface area contributed by atoms with Gasteiger partial charge in [-0.2, -0.15) is 5.10 Å². The van der Waals surface area contributed by atoms with Crippen LogP contribution in [0.15, 0.2) is 12.3 Å². The zero-order valence-electron chi connectivity index (χ0n) is 12.6. The van der Waals surface area contributed by atoms with Crippen molar-refractivity contribution in [2.24, 2.45) is 14.1 Å². The minimum absolute atomic E-state index is 0.0606. The number of hydrogen-bond donors (Lipinski definition) is 1. The molecule has 0 aliphatic carbocycles. The van der Waals surface area contributed by atoms with Crippen molar-refractivity contribution in [3.05, 3.63) is 29.6 Å². The van der Waals surface area contributed by atoms with Gasteiger partial charge in [0.25, 0.3) is 0 Å². The first-order valence-corrected chi connectivity index (χ1v) is 7.37. The molecule has 3 rings (SSSR count). The first-order valence-electron chi connectivity index (χ1n) is 7.37. The van der Waals surface area contributed by atoms with Crippen molar-refractivity contribution in [3.63, 3.8) is 0 Å². The van der Waals surface area contributed by atoms with Crippen LogP contribution in [0.5, 0.6) is 0 Å². The number of aromatic nitrogens is 5. The lowest BCUT2D eigenvalue weighted by molar-refractivity contribution is 0.190. The molecule has 1 atom stereocenters. The minimum atomic E-state index is -0.0606. The molecule has 0 radical (unpaired) electrons. The largest absolute Gasteiger partial charge is 0.388 e. The Morgan fingerprint density at radius 1 is 1.33 bits per heavy atom. The minimum Gasteiger partial charge on any atom is -0.388 e. The summed E-state index contributed by atoms with van der Waals surface area (Å²) in [7, 11) is 3.91. The predicted molar refractivity (Wildman–Crippen MR) is 77.4 cm³/mol. The number of aliphatic hydroxyl groups excluding tert-OH is 1. The lowest BCUT2D eigenvalue weighted by Gasteiger charge is -2.32. The second kappa shape index (κ2) is 5.95. The summed E-state index contributed by atoms with van der Waals surface area (Å²) in [6, 6.07) is 2.07. The Labute approximate surface area is 124 Å². The Hall–Kier alpha value is -1.73. The number of aryl methyl sites for hydroxylation is 1. The second-order valence-corrected chi connectivity index (χ2v) is 5.71. The number of nitrogens with zero attached hydrogens (tertiary/aromatic N) is 6. The van der Waals surface area contributed by atoms with Gasteiger partial charge in [-0.1, -0.05) is 0 Å². The summed E-state index contributed by atoms with van der Waals surface area (Å²) in [5, 5.41) is 21.8. The molecule has 0 spiro atoms. The molecular weight excluding hydrogens is 268 g/mol. The third-order valence-corrected chi connectivity index (χ3v) is 4.32. The maximum Gasteiger partial charge on any atom is 0.158 e. The normalized spacial score (nSPS) is 20.0. The Balaban J connectivity index is 1.70. The van der Waals surface area contributed by atoms with Gasteiger partial charge in [0, 0.05) is 39.3 Å². The van der Waals surface area contributed by atoms with E-state index in [9.17, 15) is 5.11 Å². The third kappa shape index (κ3) is 2.84. The van der Waals surface area contributed by atoms with E-state index >= 15 is 0 Å². The van der Waals surface area contributed by atoms with Gasteiger partial charge in [0.05, 0.1) is 5.69 Å². The first-order chi connectivity index (χ1) is 10.2. The van der Waals surface area contributed by atoms with Gasteiger partial charge in [0.15, 0.2) is 5.82 Å². The second-order valence-electron chi connectivity index (χ2n) is 5.71. The van der Waals surface area contributed by atoms with Crippen molar-refractivity contribution in [1.29, 1.82) is 0 Å². The van der Waals surface area contributed by atoms with Crippen LogP contribution in [-0.4, -0.2) is 47.6 Å². The van der Waals surface area contributed by atoms with Gasteiger partial charge in [-0.15, -0.1) is 10.2 Å². The van der Waals surface area contributed by atoms with E-state index in [-0.39, 0.29) is 6.61 Å². The molecule has 7 nitrogen and oxygen atoms in total. The summed E-state index contributed by atoms with van der Waals surface area (Å²) in [5.74, 6) is 1.99. The maximum absolute atomic E-state index is 9.24. The van der Waals surface area contributed by atoms with Gasteiger partial charge >= 0.3 is 0 Å². The molecule has 114 valence electrons. The lowest BCUT2D eigenvalue weighted by Crippen LogP contribution is -2.35. The SMILES string of the molecule is Cn1nccc1CN1CCC[C@H](c2nnc(CO)n2C)C1. The average Bonchev–Trinajstić information content (AvgIpc) is 3.06. The quantitative estimate of drug-likeness (QED) is 0.883. The van der Waals surface area contributed by atoms with Gasteiger partial charge in [-0.25, -0.2) is 0 Å². The number of hydrogen-bond acceptors (Lipinski definition) is 5. The zero-order chi connectivity index (χ0) is 14.8. The average molecular weight is 290 g/mol. The van der Waals surface area contributed by atoms with Crippen LogP contribution in [0.1, 0.15) is 36.1 Å². The van der Waals surface area contributed by atoms with Crippen LogP contribution in [-0.2, 0) is 27.2 Å². The molecule has 1 N–H and O–H groups in total. The summed E-state index contributed by atoms with van der Waals surface area (Å²) < 4.78 is 3.86. The maximum atomic E-state index is 9.24. The van der Waals surface area contributed by atoms with E-state index in [1.54, 1.807) is 0 Å². The van der Waals surface area contributed by atoms with Crippen LogP contribution in [0.4, 0.5) is 0 Å². The predicted octanol–water partition coefficient (Wildman–Crippen LogP) is 0.420. The molecule has 1 fully saturated rings. The van der Waals surface area contributed by atoms with E-state index in [0.29, 0.717) is 11.7 Å². The van der Waals surface area contributed by atoms with Gasteiger partial charge in [-0.3, -0.25) is 9.58 Å². The van der Waals surface area contributed by atoms with Crippen LogP contribution in [0.3, 0.4) is 0 Å². The molecule has 21 heavy (non-hydrogen) atoms. The van der Waals surface area contributed by atoms with E-state index in [1.807, 2.05) is 29.5 Å². The van der Waals surface area contributed by atoms with Crippen LogP contribution in [0.25, 0.3) is 0 Å². The number of piperidine rings is 1. The monoisotopic (exact) mass is 290 g/mol. The Bertz CT molecular complexity index is 604. The molecule has 1 aliphatic rings. The molecule has 2 aromatic heterocycles. The number of aliphatic hydroxyl groups is 1. The highest BCUT2D eigenvalue weighted by molar-refractivity contribution is 5.05. The highest BCUT2D eigenvalue weighted by Crippen LogP contribution is 2.26. The summed E-state index contributed by atoms with van der Waals surface area (Å²) >= 11 is 0. The van der Waals surface area contributed by atoms with Crippen LogP contribution in [0.2, 0.25) is 0 Å². The molecule has 0 amide bonds. The highest BCUT2D eigenvalue weighted by atomic mass is 16.3. The Morgan fingerprint density at radius 3 is 2.86 bits per heavy atom. The summed E-state index contributed by atoms with van der Waals surface area (Å²) in [5.41, 5.74) is 1.23. The molecule has 2 aromatic rings. The topological polar surface area (TPSA) is 72.0 Å². The zero-order valence-corrected chi connectivity index (χ0v) is 12.6. The third-order valence-electron chi connectivity index (χ3n) is 4.32. The van der Waals surface area contributed by atoms with E-state index in [0.717, 1.165) is 38.3 Å². The molecule has 0 aromatic carbocycles. The van der Waals surface area contributed by atoms with Crippen LogP contribution >= 0.6 is 0 Å². The fourth-order valence-electron chi connectivity index (χ4n) is 3.06. The molecule has 3 heterocycles. The van der Waals surface area contributed by atoms with Crippen LogP contribution in [0, 0.1) is 0 Å². The van der Waals surface area contributed by atoms with E-state index in [4.69, 9.17) is 0 Å². The van der Waals surface area contributed by atoms with Crippen molar-refractivity contribution in [3.8, 4) is 0 Å². The van der Waals surface area contributed by atoms with E-state index in [1.165, 1.54) is 5.69 Å². The van der Waals surface area contributed by atoms with Crippen molar-refractivity contribution < 1.29 is 5.11 Å². The molecule has 1 aliphatic heterocycles. The Morgan fingerprint density at radius 2 is 2.19 bits per heavy atom. The summed E-state index contributed by atoms with van der Waals surface area (Å²) in [6.45, 7) is 2.93. The fraction of sp³-hybridized carbons (Fsp3) is 0.643. The standard InChI is InChI=1S/C14H22N6O/c1-18-13(10-21)16-17-14(18)11-4-3-7-20(8-11)9-12-5-6-15-19(12)2/h5-6,11,21H,3-4,7-10H2,1-2H3/t11-/m0/s1. The number of likely N-dealkylation sites (tertiary alicyclic amines) is 1. The summed E-state index contributed by atoms with van der Waals surface area (Å²) in [4.78, 5) is 2.44. The van der Waals surface area contributed by atoms with Crippen molar-refractivity contribution in [2.75, 3.05) is 13.1 Å². The molecule has 7 heteroatoms. The molecule has 0 bridgehead atoms. The van der Waals surface area contributed by atoms with Gasteiger partial charge < -0.3 is 9.67 Å². The van der Waals surface area contributed by atoms with Gasteiger partial charge in [-0.05, 0) is 25.5 Å². The lowest BCUT2D eigenvalue weighted by atomic mass is 9.97. The molecule has 0 saturated carbocycles. The first kappa shape index (κ1) is 14.2. The Kier molecular flexibility index (Phi) is 4.03. The molecular formula is C14H22N6O. The van der Waals surface area contributed by atoms with E-state index in [2.05, 4.69) is 26.3 Å². The molecule has 1 saturated heterocycles. The highest BCUT2D eigenvalue weighted by Gasteiger charge is 2.26. The fourth-order valence-corrected chi connectivity index (χ4v) is 3.06. The molecule has 0 unspecified atom stereocenters. The summed E-state index contributed by atoms with van der Waals surface area (Å²) in [6.07, 6.45) is 4.12. The van der Waals surface area contributed by atoms with Crippen molar-refractivity contribution in [2.45, 2.75) is 31.9 Å². The van der Waals surface area contributed by atoms with Crippen LogP contribution < -0.4 is 0 Å². The smallest absolute Gasteiger partial charge is 0.158 e.